The van der Waals surface area contributed by atoms with Crippen molar-refractivity contribution in [3.8, 4) is 0 Å². The van der Waals surface area contributed by atoms with Gasteiger partial charge < -0.3 is 10.2 Å². The van der Waals surface area contributed by atoms with Crippen LogP contribution in [0.5, 0.6) is 0 Å². The molecule has 3 aromatic rings. The molecule has 1 N–H and O–H groups in total. The van der Waals surface area contributed by atoms with Crippen molar-refractivity contribution in [2.24, 2.45) is 5.92 Å². The topological polar surface area (TPSA) is 86.8 Å². The quantitative estimate of drug-likeness (QED) is 0.315. The molecular weight excluding hydrogens is 557 g/mol. The fourth-order valence-electron chi connectivity index (χ4n) is 4.02. The van der Waals surface area contributed by atoms with Crippen LogP contribution in [0.4, 0.5) is 5.69 Å². The molecule has 0 bridgehead atoms. The zero-order valence-corrected chi connectivity index (χ0v) is 24.5. The number of nitrogens with one attached hydrogen (secondary N) is 1. The van der Waals surface area contributed by atoms with E-state index in [0.29, 0.717) is 27.8 Å². The van der Waals surface area contributed by atoms with Crippen molar-refractivity contribution in [3.05, 3.63) is 100 Å². The lowest BCUT2D eigenvalue weighted by molar-refractivity contribution is -0.140. The van der Waals surface area contributed by atoms with Crippen molar-refractivity contribution in [1.29, 1.82) is 0 Å². The van der Waals surface area contributed by atoms with Crippen LogP contribution in [0, 0.1) is 5.92 Å². The molecule has 0 saturated heterocycles. The molecule has 0 aliphatic rings. The van der Waals surface area contributed by atoms with Crippen LogP contribution in [0.3, 0.4) is 0 Å². The first-order valence-electron chi connectivity index (χ1n) is 12.5. The molecule has 0 spiro atoms. The first-order chi connectivity index (χ1) is 18.5. The van der Waals surface area contributed by atoms with Crippen molar-refractivity contribution >= 4 is 50.7 Å². The van der Waals surface area contributed by atoms with Crippen molar-refractivity contribution in [2.75, 3.05) is 23.7 Å². The predicted molar refractivity (Wildman–Crippen MR) is 157 cm³/mol. The zero-order chi connectivity index (χ0) is 28.6. The third-order valence-electron chi connectivity index (χ3n) is 6.02. The standard InChI is InChI=1S/C29H33Cl2N3O4S/c1-21(2)18-32-29(36)27(17-22-10-6-4-7-11-22)33(19-23-14-15-25(30)26(31)16-23)28(35)20-34(39(3,37)38)24-12-8-5-9-13-24/h4-16,21,27H,17-20H2,1-3H3,(H,32,36)/t27-/m0/s1. The van der Waals surface area contributed by atoms with Gasteiger partial charge in [0.2, 0.25) is 21.8 Å². The van der Waals surface area contributed by atoms with Gasteiger partial charge in [-0.05, 0) is 41.3 Å². The van der Waals surface area contributed by atoms with Gasteiger partial charge in [-0.3, -0.25) is 13.9 Å². The van der Waals surface area contributed by atoms with E-state index < -0.39 is 28.5 Å². The first-order valence-corrected chi connectivity index (χ1v) is 15.1. The van der Waals surface area contributed by atoms with E-state index in [1.807, 2.05) is 44.2 Å². The number of carbonyl (C=O) groups is 2. The number of rotatable bonds is 12. The van der Waals surface area contributed by atoms with Crippen LogP contribution in [0.25, 0.3) is 0 Å². The lowest BCUT2D eigenvalue weighted by Crippen LogP contribution is -2.53. The molecule has 7 nitrogen and oxygen atoms in total. The number of para-hydroxylation sites is 1. The molecule has 0 aromatic heterocycles. The number of halogens is 2. The van der Waals surface area contributed by atoms with Crippen LogP contribution in [-0.2, 0) is 32.6 Å². The van der Waals surface area contributed by atoms with E-state index in [9.17, 15) is 18.0 Å². The second kappa shape index (κ2) is 13.8. The summed E-state index contributed by atoms with van der Waals surface area (Å²) in [5.74, 6) is -0.660. The van der Waals surface area contributed by atoms with Crippen LogP contribution < -0.4 is 9.62 Å². The number of carbonyl (C=O) groups excluding carboxylic acids is 2. The highest BCUT2D eigenvalue weighted by molar-refractivity contribution is 7.92. The Kier molecular flexibility index (Phi) is 10.8. The molecule has 2 amide bonds. The Morgan fingerprint density at radius 3 is 2.05 bits per heavy atom. The zero-order valence-electron chi connectivity index (χ0n) is 22.2. The number of benzene rings is 3. The van der Waals surface area contributed by atoms with Crippen molar-refractivity contribution in [1.82, 2.24) is 10.2 Å². The van der Waals surface area contributed by atoms with E-state index in [0.717, 1.165) is 16.1 Å². The minimum atomic E-state index is -3.81. The second-order valence-corrected chi connectivity index (χ2v) is 12.4. The number of sulfonamides is 1. The van der Waals surface area contributed by atoms with E-state index >= 15 is 0 Å². The summed E-state index contributed by atoms with van der Waals surface area (Å²) in [5.41, 5.74) is 1.86. The molecule has 0 radical (unpaired) electrons. The maximum atomic E-state index is 14.0. The summed E-state index contributed by atoms with van der Waals surface area (Å²) in [6.45, 7) is 3.93. The Hall–Kier alpha value is -3.07. The monoisotopic (exact) mass is 589 g/mol. The Bertz CT molecular complexity index is 1370. The number of hydrogen-bond donors (Lipinski definition) is 1. The normalized spacial score (nSPS) is 12.2. The number of nitrogens with zero attached hydrogens (tertiary/aromatic N) is 2. The van der Waals surface area contributed by atoms with Crippen LogP contribution in [0.1, 0.15) is 25.0 Å². The summed E-state index contributed by atoms with van der Waals surface area (Å²) in [7, 11) is -3.81. The van der Waals surface area contributed by atoms with Gasteiger partial charge in [0.25, 0.3) is 0 Å². The predicted octanol–water partition coefficient (Wildman–Crippen LogP) is 5.17. The smallest absolute Gasteiger partial charge is 0.244 e. The molecule has 39 heavy (non-hydrogen) atoms. The summed E-state index contributed by atoms with van der Waals surface area (Å²) in [6.07, 6.45) is 1.29. The van der Waals surface area contributed by atoms with Gasteiger partial charge in [0.1, 0.15) is 12.6 Å². The van der Waals surface area contributed by atoms with Gasteiger partial charge in [-0.1, -0.05) is 91.6 Å². The summed E-state index contributed by atoms with van der Waals surface area (Å²) >= 11 is 12.4. The Morgan fingerprint density at radius 1 is 0.872 bits per heavy atom. The molecule has 0 aliphatic heterocycles. The summed E-state index contributed by atoms with van der Waals surface area (Å²) in [5, 5.41) is 3.62. The largest absolute Gasteiger partial charge is 0.354 e. The molecular formula is C29H33Cl2N3O4S. The number of anilines is 1. The molecule has 3 aromatic carbocycles. The van der Waals surface area contributed by atoms with Crippen molar-refractivity contribution in [2.45, 2.75) is 32.9 Å². The number of hydrogen-bond acceptors (Lipinski definition) is 4. The maximum absolute atomic E-state index is 14.0. The molecule has 208 valence electrons. The van der Waals surface area contributed by atoms with Gasteiger partial charge in [0.05, 0.1) is 22.0 Å². The molecule has 0 fully saturated rings. The van der Waals surface area contributed by atoms with Gasteiger partial charge in [0, 0.05) is 19.5 Å². The minimum Gasteiger partial charge on any atom is -0.354 e. The van der Waals surface area contributed by atoms with E-state index in [4.69, 9.17) is 23.2 Å². The average Bonchev–Trinajstić information content (AvgIpc) is 2.90. The van der Waals surface area contributed by atoms with E-state index in [1.165, 1.54) is 4.90 Å². The van der Waals surface area contributed by atoms with E-state index in [2.05, 4.69) is 5.32 Å². The Balaban J connectivity index is 2.05. The van der Waals surface area contributed by atoms with Crippen LogP contribution >= 0.6 is 23.2 Å². The van der Waals surface area contributed by atoms with E-state index in [1.54, 1.807) is 48.5 Å². The third-order valence-corrected chi connectivity index (χ3v) is 7.90. The maximum Gasteiger partial charge on any atom is 0.244 e. The fourth-order valence-corrected chi connectivity index (χ4v) is 5.19. The van der Waals surface area contributed by atoms with Gasteiger partial charge in [-0.25, -0.2) is 8.42 Å². The van der Waals surface area contributed by atoms with Gasteiger partial charge in [-0.2, -0.15) is 0 Å². The molecule has 3 rings (SSSR count). The SMILES string of the molecule is CC(C)CNC(=O)[C@H](Cc1ccccc1)N(Cc1ccc(Cl)c(Cl)c1)C(=O)CN(c1ccccc1)S(C)(=O)=O. The third kappa shape index (κ3) is 8.98. The van der Waals surface area contributed by atoms with Gasteiger partial charge in [-0.15, -0.1) is 0 Å². The van der Waals surface area contributed by atoms with E-state index in [-0.39, 0.29) is 24.8 Å². The molecule has 0 aliphatic carbocycles. The van der Waals surface area contributed by atoms with Gasteiger partial charge in [0.15, 0.2) is 0 Å². The second-order valence-electron chi connectivity index (χ2n) is 9.72. The highest BCUT2D eigenvalue weighted by Gasteiger charge is 2.33. The first kappa shape index (κ1) is 30.5. The van der Waals surface area contributed by atoms with Crippen molar-refractivity contribution < 1.29 is 18.0 Å². The average molecular weight is 591 g/mol. The minimum absolute atomic E-state index is 0.0225. The number of amides is 2. The molecule has 0 saturated carbocycles. The highest BCUT2D eigenvalue weighted by Crippen LogP contribution is 2.25. The summed E-state index contributed by atoms with van der Waals surface area (Å²) in [4.78, 5) is 29.0. The lowest BCUT2D eigenvalue weighted by Gasteiger charge is -2.33. The Labute approximate surface area is 240 Å². The molecule has 10 heteroatoms. The molecule has 0 unspecified atom stereocenters. The van der Waals surface area contributed by atoms with Crippen molar-refractivity contribution in [3.63, 3.8) is 0 Å². The summed E-state index contributed by atoms with van der Waals surface area (Å²) < 4.78 is 26.5. The molecule has 1 atom stereocenters. The lowest BCUT2D eigenvalue weighted by atomic mass is 10.0. The van der Waals surface area contributed by atoms with Crippen LogP contribution in [0.15, 0.2) is 78.9 Å². The highest BCUT2D eigenvalue weighted by atomic mass is 35.5. The summed E-state index contributed by atoms with van der Waals surface area (Å²) in [6, 6.07) is 21.9. The fraction of sp³-hybridized carbons (Fsp3) is 0.310. The Morgan fingerprint density at radius 2 is 1.49 bits per heavy atom. The van der Waals surface area contributed by atoms with Crippen LogP contribution in [-0.4, -0.2) is 50.5 Å². The van der Waals surface area contributed by atoms with Gasteiger partial charge >= 0.3 is 0 Å². The van der Waals surface area contributed by atoms with Crippen LogP contribution in [0.2, 0.25) is 10.0 Å². The molecule has 0 heterocycles.